The maximum atomic E-state index is 12.8. The molecule has 0 heterocycles. The highest BCUT2D eigenvalue weighted by Gasteiger charge is 2.18. The van der Waals surface area contributed by atoms with Crippen molar-refractivity contribution in [1.29, 1.82) is 0 Å². The third kappa shape index (κ3) is 4.37. The maximum Gasteiger partial charge on any atom is 0.252 e. The van der Waals surface area contributed by atoms with Crippen LogP contribution >= 0.6 is 23.2 Å². The van der Waals surface area contributed by atoms with Gasteiger partial charge in [-0.1, -0.05) is 53.5 Å². The van der Waals surface area contributed by atoms with Gasteiger partial charge in [-0.05, 0) is 53.6 Å². The zero-order valence-corrected chi connectivity index (χ0v) is 15.6. The van der Waals surface area contributed by atoms with Crippen molar-refractivity contribution in [2.45, 2.75) is 6.04 Å². The molecule has 132 valence electrons. The fraction of sp³-hybridized carbons (Fsp3) is 0.0952. The number of benzene rings is 3. The number of hydrogen-bond donors (Lipinski definition) is 1. The van der Waals surface area contributed by atoms with Crippen molar-refractivity contribution in [1.82, 2.24) is 5.32 Å². The van der Waals surface area contributed by atoms with Crippen LogP contribution in [0.2, 0.25) is 10.0 Å². The Kier molecular flexibility index (Phi) is 5.82. The van der Waals surface area contributed by atoms with Crippen molar-refractivity contribution < 1.29 is 9.53 Å². The summed E-state index contributed by atoms with van der Waals surface area (Å²) < 4.78 is 5.20. The molecule has 3 nitrogen and oxygen atoms in total. The van der Waals surface area contributed by atoms with E-state index in [1.54, 1.807) is 55.6 Å². The molecule has 0 unspecified atom stereocenters. The molecule has 3 aromatic rings. The van der Waals surface area contributed by atoms with Crippen molar-refractivity contribution in [3.8, 4) is 5.75 Å². The van der Waals surface area contributed by atoms with Gasteiger partial charge in [0.15, 0.2) is 0 Å². The number of carbonyl (C=O) groups is 1. The molecule has 0 bridgehead atoms. The lowest BCUT2D eigenvalue weighted by molar-refractivity contribution is 0.0942. The second kappa shape index (κ2) is 8.26. The minimum atomic E-state index is -0.330. The third-order valence-corrected chi connectivity index (χ3v) is 4.52. The number of amides is 1. The fourth-order valence-electron chi connectivity index (χ4n) is 2.65. The second-order valence-corrected chi connectivity index (χ2v) is 6.61. The molecular formula is C21H17Cl2NO2. The van der Waals surface area contributed by atoms with Crippen molar-refractivity contribution in [3.63, 3.8) is 0 Å². The van der Waals surface area contributed by atoms with Gasteiger partial charge < -0.3 is 10.1 Å². The van der Waals surface area contributed by atoms with Gasteiger partial charge in [0.2, 0.25) is 0 Å². The van der Waals surface area contributed by atoms with Gasteiger partial charge in [-0.15, -0.1) is 0 Å². The first-order chi connectivity index (χ1) is 12.6. The zero-order valence-electron chi connectivity index (χ0n) is 14.1. The fourth-order valence-corrected chi connectivity index (χ4v) is 2.90. The number of hydrogen-bond acceptors (Lipinski definition) is 2. The smallest absolute Gasteiger partial charge is 0.252 e. The first-order valence-corrected chi connectivity index (χ1v) is 8.78. The van der Waals surface area contributed by atoms with Gasteiger partial charge in [-0.2, -0.15) is 0 Å². The summed E-state index contributed by atoms with van der Waals surface area (Å²) in [6, 6.07) is 21.5. The molecule has 0 radical (unpaired) electrons. The summed E-state index contributed by atoms with van der Waals surface area (Å²) in [6.45, 7) is 0. The third-order valence-electron chi connectivity index (χ3n) is 4.01. The van der Waals surface area contributed by atoms with Crippen molar-refractivity contribution in [2.75, 3.05) is 7.11 Å². The summed E-state index contributed by atoms with van der Waals surface area (Å²) in [5, 5.41) is 4.36. The van der Waals surface area contributed by atoms with Crippen molar-refractivity contribution in [3.05, 3.63) is 99.5 Å². The van der Waals surface area contributed by atoms with Crippen molar-refractivity contribution >= 4 is 29.1 Å². The lowest BCUT2D eigenvalue weighted by Crippen LogP contribution is -2.29. The summed E-state index contributed by atoms with van der Waals surface area (Å²) in [7, 11) is 1.57. The van der Waals surface area contributed by atoms with Gasteiger partial charge in [0.25, 0.3) is 5.91 Å². The van der Waals surface area contributed by atoms with E-state index in [0.29, 0.717) is 21.4 Å². The summed E-state index contributed by atoms with van der Waals surface area (Å²) in [5.74, 6) is 0.436. The summed E-state index contributed by atoms with van der Waals surface area (Å²) >= 11 is 12.0. The van der Waals surface area contributed by atoms with Gasteiger partial charge in [0.05, 0.1) is 13.2 Å². The SMILES string of the molecule is COc1cccc(C(=O)NC(c2ccc(Cl)cc2)c2ccc(Cl)cc2)c1. The zero-order chi connectivity index (χ0) is 18.5. The Balaban J connectivity index is 1.93. The Morgan fingerprint density at radius 3 is 1.92 bits per heavy atom. The Bertz CT molecular complexity index is 847. The van der Waals surface area contributed by atoms with Crippen LogP contribution in [0.4, 0.5) is 0 Å². The van der Waals surface area contributed by atoms with Crippen LogP contribution in [0.1, 0.15) is 27.5 Å². The average Bonchev–Trinajstić information content (AvgIpc) is 2.67. The lowest BCUT2D eigenvalue weighted by Gasteiger charge is -2.20. The largest absolute Gasteiger partial charge is 0.497 e. The van der Waals surface area contributed by atoms with Crippen LogP contribution in [0.5, 0.6) is 5.75 Å². The normalized spacial score (nSPS) is 10.6. The lowest BCUT2D eigenvalue weighted by atomic mass is 9.98. The highest BCUT2D eigenvalue weighted by Crippen LogP contribution is 2.26. The minimum absolute atomic E-state index is 0.196. The molecule has 0 aliphatic rings. The van der Waals surface area contributed by atoms with Crippen LogP contribution in [-0.2, 0) is 0 Å². The molecule has 1 N–H and O–H groups in total. The molecule has 0 fully saturated rings. The van der Waals surface area contributed by atoms with Crippen molar-refractivity contribution in [2.24, 2.45) is 0 Å². The van der Waals surface area contributed by atoms with Gasteiger partial charge in [-0.25, -0.2) is 0 Å². The number of methoxy groups -OCH3 is 1. The van der Waals surface area contributed by atoms with Crippen LogP contribution in [-0.4, -0.2) is 13.0 Å². The molecule has 0 saturated heterocycles. The summed E-state index contributed by atoms with van der Waals surface area (Å²) in [5.41, 5.74) is 2.37. The molecule has 0 aliphatic heterocycles. The van der Waals surface area contributed by atoms with E-state index in [-0.39, 0.29) is 11.9 Å². The van der Waals surface area contributed by atoms with E-state index in [1.807, 2.05) is 24.3 Å². The number of rotatable bonds is 5. The predicted octanol–water partition coefficient (Wildman–Crippen LogP) is 5.52. The number of nitrogens with one attached hydrogen (secondary N) is 1. The Labute approximate surface area is 162 Å². The first kappa shape index (κ1) is 18.3. The summed E-state index contributed by atoms with van der Waals surface area (Å²) in [6.07, 6.45) is 0. The molecule has 0 aliphatic carbocycles. The van der Waals surface area contributed by atoms with E-state index in [9.17, 15) is 4.79 Å². The van der Waals surface area contributed by atoms with Crippen LogP contribution in [0.15, 0.2) is 72.8 Å². The average molecular weight is 386 g/mol. The van der Waals surface area contributed by atoms with E-state index < -0.39 is 0 Å². The standard InChI is InChI=1S/C21H17Cl2NO2/c1-26-19-4-2-3-16(13-19)21(25)24-20(14-5-9-17(22)10-6-14)15-7-11-18(23)12-8-15/h2-13,20H,1H3,(H,24,25). The van der Waals surface area contributed by atoms with Gasteiger partial charge >= 0.3 is 0 Å². The molecule has 0 saturated carbocycles. The van der Waals surface area contributed by atoms with E-state index in [2.05, 4.69) is 5.32 Å². The van der Waals surface area contributed by atoms with Gasteiger partial charge in [0, 0.05) is 15.6 Å². The molecule has 0 spiro atoms. The van der Waals surface area contributed by atoms with Crippen LogP contribution in [0, 0.1) is 0 Å². The highest BCUT2D eigenvalue weighted by atomic mass is 35.5. The molecule has 3 aromatic carbocycles. The maximum absolute atomic E-state index is 12.8. The Morgan fingerprint density at radius 2 is 1.42 bits per heavy atom. The number of ether oxygens (including phenoxy) is 1. The minimum Gasteiger partial charge on any atom is -0.497 e. The van der Waals surface area contributed by atoms with E-state index in [1.165, 1.54) is 0 Å². The Morgan fingerprint density at radius 1 is 0.885 bits per heavy atom. The quantitative estimate of drug-likeness (QED) is 0.627. The Hall–Kier alpha value is -2.49. The molecule has 26 heavy (non-hydrogen) atoms. The predicted molar refractivity (Wildman–Crippen MR) is 105 cm³/mol. The van der Waals surface area contributed by atoms with E-state index in [0.717, 1.165) is 11.1 Å². The molecule has 5 heteroatoms. The highest BCUT2D eigenvalue weighted by molar-refractivity contribution is 6.30. The topological polar surface area (TPSA) is 38.3 Å². The summed E-state index contributed by atoms with van der Waals surface area (Å²) in [4.78, 5) is 12.8. The van der Waals surface area contributed by atoms with Gasteiger partial charge in [-0.3, -0.25) is 4.79 Å². The molecule has 1 amide bonds. The number of carbonyl (C=O) groups excluding carboxylic acids is 1. The molecule has 0 atom stereocenters. The van der Waals surface area contributed by atoms with Gasteiger partial charge in [0.1, 0.15) is 5.75 Å². The van der Waals surface area contributed by atoms with Crippen LogP contribution in [0.3, 0.4) is 0 Å². The monoisotopic (exact) mass is 385 g/mol. The van der Waals surface area contributed by atoms with Crippen LogP contribution < -0.4 is 10.1 Å². The molecule has 3 rings (SSSR count). The first-order valence-electron chi connectivity index (χ1n) is 8.02. The molecular weight excluding hydrogens is 369 g/mol. The van der Waals surface area contributed by atoms with Crippen LogP contribution in [0.25, 0.3) is 0 Å². The van der Waals surface area contributed by atoms with E-state index in [4.69, 9.17) is 27.9 Å². The second-order valence-electron chi connectivity index (χ2n) is 5.74. The van der Waals surface area contributed by atoms with E-state index >= 15 is 0 Å². The molecule has 0 aromatic heterocycles. The number of halogens is 2.